The van der Waals surface area contributed by atoms with Crippen LogP contribution in [0.25, 0.3) is 0 Å². The van der Waals surface area contributed by atoms with Gasteiger partial charge in [0.25, 0.3) is 0 Å². The number of aromatic nitrogens is 2. The van der Waals surface area contributed by atoms with Crippen molar-refractivity contribution in [1.82, 2.24) is 14.9 Å². The summed E-state index contributed by atoms with van der Waals surface area (Å²) in [7, 11) is 3.58. The summed E-state index contributed by atoms with van der Waals surface area (Å²) in [6.45, 7) is 0. The van der Waals surface area contributed by atoms with Crippen molar-refractivity contribution < 1.29 is 13.2 Å². The standard InChI is InChI=1S/C14H15BrF3N3/c1-19-12(8-13-20-5-6-21(13)2)9-3-4-11(15)10(7-9)14(16,17)18/h3-7,12,19H,8H2,1-2H3. The molecule has 0 aliphatic carbocycles. The minimum absolute atomic E-state index is 0.0468. The van der Waals surface area contributed by atoms with Gasteiger partial charge in [0.05, 0.1) is 5.56 Å². The van der Waals surface area contributed by atoms with Gasteiger partial charge in [-0.05, 0) is 24.7 Å². The molecule has 1 unspecified atom stereocenters. The van der Waals surface area contributed by atoms with Gasteiger partial charge >= 0.3 is 6.18 Å². The molecule has 1 aromatic heterocycles. The van der Waals surface area contributed by atoms with Crippen LogP contribution in [0.1, 0.15) is 23.0 Å². The van der Waals surface area contributed by atoms with Gasteiger partial charge in [-0.15, -0.1) is 0 Å². The molecular formula is C14H15BrF3N3. The van der Waals surface area contributed by atoms with Gasteiger partial charge in [0.15, 0.2) is 0 Å². The van der Waals surface area contributed by atoms with Crippen LogP contribution in [0.15, 0.2) is 35.1 Å². The normalized spacial score (nSPS) is 13.4. The van der Waals surface area contributed by atoms with E-state index >= 15 is 0 Å². The number of rotatable bonds is 4. The maximum Gasteiger partial charge on any atom is 0.417 e. The molecule has 0 aliphatic rings. The van der Waals surface area contributed by atoms with Crippen molar-refractivity contribution in [2.75, 3.05) is 7.05 Å². The first-order valence-electron chi connectivity index (χ1n) is 6.33. The van der Waals surface area contributed by atoms with Crippen molar-refractivity contribution in [3.63, 3.8) is 0 Å². The second-order valence-electron chi connectivity index (χ2n) is 4.74. The van der Waals surface area contributed by atoms with Gasteiger partial charge in [-0.2, -0.15) is 13.2 Å². The number of imidazole rings is 1. The molecule has 21 heavy (non-hydrogen) atoms. The molecule has 2 rings (SSSR count). The zero-order chi connectivity index (χ0) is 15.6. The minimum Gasteiger partial charge on any atom is -0.338 e. The highest BCUT2D eigenvalue weighted by Gasteiger charge is 2.33. The highest BCUT2D eigenvalue weighted by Crippen LogP contribution is 2.36. The molecule has 1 atom stereocenters. The predicted octanol–water partition coefficient (Wildman–Crippen LogP) is 3.70. The summed E-state index contributed by atoms with van der Waals surface area (Å²) in [5.74, 6) is 0.811. The number of hydrogen-bond donors (Lipinski definition) is 1. The van der Waals surface area contributed by atoms with Gasteiger partial charge in [-0.3, -0.25) is 0 Å². The Bertz CT molecular complexity index is 622. The highest BCUT2D eigenvalue weighted by molar-refractivity contribution is 9.10. The molecular weight excluding hydrogens is 347 g/mol. The maximum atomic E-state index is 13.0. The van der Waals surface area contributed by atoms with E-state index < -0.39 is 11.7 Å². The van der Waals surface area contributed by atoms with Crippen LogP contribution in [0.3, 0.4) is 0 Å². The van der Waals surface area contributed by atoms with E-state index in [1.165, 1.54) is 12.1 Å². The van der Waals surface area contributed by atoms with Gasteiger partial charge in [0.2, 0.25) is 0 Å². The number of likely N-dealkylation sites (N-methyl/N-ethyl adjacent to an activating group) is 1. The predicted molar refractivity (Wildman–Crippen MR) is 77.9 cm³/mol. The van der Waals surface area contributed by atoms with Crippen LogP contribution >= 0.6 is 15.9 Å². The first-order valence-corrected chi connectivity index (χ1v) is 7.12. The van der Waals surface area contributed by atoms with E-state index in [0.717, 1.165) is 5.82 Å². The van der Waals surface area contributed by atoms with E-state index in [4.69, 9.17) is 0 Å². The fourth-order valence-corrected chi connectivity index (χ4v) is 2.61. The summed E-state index contributed by atoms with van der Waals surface area (Å²) in [6, 6.07) is 4.05. The van der Waals surface area contributed by atoms with Crippen molar-refractivity contribution in [2.45, 2.75) is 18.6 Å². The zero-order valence-corrected chi connectivity index (χ0v) is 13.2. The number of alkyl halides is 3. The largest absolute Gasteiger partial charge is 0.417 e. The Balaban J connectivity index is 2.33. The van der Waals surface area contributed by atoms with Crippen molar-refractivity contribution in [3.05, 3.63) is 52.0 Å². The molecule has 2 aromatic rings. The van der Waals surface area contributed by atoms with Crippen LogP contribution in [0, 0.1) is 0 Å². The van der Waals surface area contributed by atoms with Gasteiger partial charge in [0.1, 0.15) is 5.82 Å². The topological polar surface area (TPSA) is 29.9 Å². The van der Waals surface area contributed by atoms with Crippen molar-refractivity contribution in [3.8, 4) is 0 Å². The third-order valence-electron chi connectivity index (χ3n) is 3.35. The van der Waals surface area contributed by atoms with E-state index in [-0.39, 0.29) is 10.5 Å². The van der Waals surface area contributed by atoms with Gasteiger partial charge in [-0.1, -0.05) is 22.0 Å². The Morgan fingerprint density at radius 1 is 1.38 bits per heavy atom. The molecule has 0 aliphatic heterocycles. The summed E-state index contributed by atoms with van der Waals surface area (Å²) < 4.78 is 40.8. The molecule has 1 N–H and O–H groups in total. The van der Waals surface area contributed by atoms with Gasteiger partial charge < -0.3 is 9.88 Å². The average Bonchev–Trinajstić information content (AvgIpc) is 2.81. The van der Waals surface area contributed by atoms with Crippen LogP contribution < -0.4 is 5.32 Å². The third kappa shape index (κ3) is 3.65. The molecule has 0 amide bonds. The van der Waals surface area contributed by atoms with Crippen molar-refractivity contribution in [2.24, 2.45) is 7.05 Å². The Labute approximate surface area is 129 Å². The van der Waals surface area contributed by atoms with Crippen LogP contribution in [-0.4, -0.2) is 16.6 Å². The fraction of sp³-hybridized carbons (Fsp3) is 0.357. The van der Waals surface area contributed by atoms with E-state index in [9.17, 15) is 13.2 Å². The second kappa shape index (κ2) is 6.19. The summed E-state index contributed by atoms with van der Waals surface area (Å²) in [6.07, 6.45) is -0.384. The minimum atomic E-state index is -4.38. The van der Waals surface area contributed by atoms with Gasteiger partial charge in [0, 0.05) is 36.4 Å². The summed E-state index contributed by atoms with van der Waals surface area (Å²) in [5, 5.41) is 3.05. The molecule has 0 saturated carbocycles. The van der Waals surface area contributed by atoms with Crippen molar-refractivity contribution >= 4 is 15.9 Å². The zero-order valence-electron chi connectivity index (χ0n) is 11.6. The molecule has 3 nitrogen and oxygen atoms in total. The Hall–Kier alpha value is -1.34. The lowest BCUT2D eigenvalue weighted by Gasteiger charge is -2.19. The summed E-state index contributed by atoms with van der Waals surface area (Å²) in [4.78, 5) is 4.21. The van der Waals surface area contributed by atoms with E-state index in [1.807, 2.05) is 17.8 Å². The molecule has 7 heteroatoms. The first-order chi connectivity index (χ1) is 9.82. The van der Waals surface area contributed by atoms with Crippen LogP contribution in [0.4, 0.5) is 13.2 Å². The van der Waals surface area contributed by atoms with Crippen LogP contribution in [0.2, 0.25) is 0 Å². The maximum absolute atomic E-state index is 13.0. The SMILES string of the molecule is CNC(Cc1nccn1C)c1ccc(Br)c(C(F)(F)F)c1. The monoisotopic (exact) mass is 361 g/mol. The van der Waals surface area contributed by atoms with Gasteiger partial charge in [-0.25, -0.2) is 4.98 Å². The summed E-state index contributed by atoms with van der Waals surface area (Å²) >= 11 is 2.95. The Morgan fingerprint density at radius 2 is 2.10 bits per heavy atom. The molecule has 0 bridgehead atoms. The Morgan fingerprint density at radius 3 is 2.62 bits per heavy atom. The average molecular weight is 362 g/mol. The van der Waals surface area contributed by atoms with Crippen LogP contribution in [-0.2, 0) is 19.6 Å². The van der Waals surface area contributed by atoms with E-state index in [1.54, 1.807) is 19.3 Å². The lowest BCUT2D eigenvalue weighted by atomic mass is 10.0. The highest BCUT2D eigenvalue weighted by atomic mass is 79.9. The summed E-state index contributed by atoms with van der Waals surface area (Å²) in [5.41, 5.74) is -0.0869. The molecule has 0 spiro atoms. The van der Waals surface area contributed by atoms with E-state index in [2.05, 4.69) is 26.2 Å². The fourth-order valence-electron chi connectivity index (χ4n) is 2.14. The first kappa shape index (κ1) is 16.0. The third-order valence-corrected chi connectivity index (χ3v) is 4.05. The smallest absolute Gasteiger partial charge is 0.338 e. The molecule has 0 radical (unpaired) electrons. The Kier molecular flexibility index (Phi) is 4.73. The lowest BCUT2D eigenvalue weighted by Crippen LogP contribution is -2.21. The molecule has 0 saturated heterocycles. The second-order valence-corrected chi connectivity index (χ2v) is 5.59. The number of nitrogens with one attached hydrogen (secondary N) is 1. The quantitative estimate of drug-likeness (QED) is 0.899. The number of halogens is 4. The molecule has 1 aromatic carbocycles. The molecule has 0 fully saturated rings. The van der Waals surface area contributed by atoms with E-state index in [0.29, 0.717) is 12.0 Å². The number of hydrogen-bond acceptors (Lipinski definition) is 2. The van der Waals surface area contributed by atoms with Crippen molar-refractivity contribution in [1.29, 1.82) is 0 Å². The number of aryl methyl sites for hydroxylation is 1. The lowest BCUT2D eigenvalue weighted by molar-refractivity contribution is -0.138. The van der Waals surface area contributed by atoms with Crippen LogP contribution in [0.5, 0.6) is 0 Å². The molecule has 1 heterocycles. The number of benzene rings is 1. The molecule has 114 valence electrons. The number of nitrogens with zero attached hydrogens (tertiary/aromatic N) is 2.